The van der Waals surface area contributed by atoms with Crippen molar-refractivity contribution >= 4 is 0 Å². The van der Waals surface area contributed by atoms with Gasteiger partial charge in [0.2, 0.25) is 11.6 Å². The van der Waals surface area contributed by atoms with Crippen LogP contribution < -0.4 is 9.47 Å². The number of ether oxygens (including phenoxy) is 3. The minimum absolute atomic E-state index is 0.0602. The smallest absolute Gasteiger partial charge is 0.207 e. The molecule has 0 N–H and O–H groups in total. The molecule has 0 bridgehead atoms. The predicted octanol–water partition coefficient (Wildman–Crippen LogP) is 9.31. The monoisotopic (exact) mass is 544 g/mol. The summed E-state index contributed by atoms with van der Waals surface area (Å²) in [5.41, 5.74) is 1.48. The molecule has 0 amide bonds. The highest BCUT2D eigenvalue weighted by atomic mass is 19.2. The summed E-state index contributed by atoms with van der Waals surface area (Å²) in [6.45, 7) is 5.62. The normalized spacial score (nSPS) is 24.5. The summed E-state index contributed by atoms with van der Waals surface area (Å²) < 4.78 is 63.2. The molecule has 0 spiro atoms. The third-order valence-electron chi connectivity index (χ3n) is 9.08. The largest absolute Gasteiger partial charge is 0.490 e. The fourth-order valence-corrected chi connectivity index (χ4v) is 6.73. The van der Waals surface area contributed by atoms with Gasteiger partial charge in [0.25, 0.3) is 0 Å². The highest BCUT2D eigenvalue weighted by Gasteiger charge is 2.30. The Morgan fingerprint density at radius 1 is 0.769 bits per heavy atom. The SMILES string of the molecule is CCCC1CCC(COc2ccc3c(c2F)Oc2c(cc(CCC4CCC(CCC)CO4)c(F)c2F)C3)CC1. The number of halogens is 3. The van der Waals surface area contributed by atoms with Crippen LogP contribution in [0.25, 0.3) is 0 Å². The molecule has 2 atom stereocenters. The number of benzene rings is 2. The maximum atomic E-state index is 15.4. The first-order chi connectivity index (χ1) is 19.0. The summed E-state index contributed by atoms with van der Waals surface area (Å²) in [5, 5.41) is 0. The molecule has 214 valence electrons. The third-order valence-corrected chi connectivity index (χ3v) is 9.08. The second-order valence-electron chi connectivity index (χ2n) is 12.0. The molecule has 39 heavy (non-hydrogen) atoms. The van der Waals surface area contributed by atoms with Gasteiger partial charge in [-0.15, -0.1) is 0 Å². The molecule has 2 heterocycles. The summed E-state index contributed by atoms with van der Waals surface area (Å²) in [5.74, 6) is -0.944. The van der Waals surface area contributed by atoms with Gasteiger partial charge in [-0.3, -0.25) is 0 Å². The average molecular weight is 545 g/mol. The molecule has 3 nitrogen and oxygen atoms in total. The van der Waals surface area contributed by atoms with E-state index in [1.54, 1.807) is 18.2 Å². The van der Waals surface area contributed by atoms with Crippen LogP contribution in [-0.4, -0.2) is 19.3 Å². The van der Waals surface area contributed by atoms with Crippen LogP contribution in [0.1, 0.15) is 101 Å². The zero-order valence-electron chi connectivity index (χ0n) is 23.5. The van der Waals surface area contributed by atoms with Gasteiger partial charge in [0.15, 0.2) is 23.1 Å². The first kappa shape index (κ1) is 28.3. The molecule has 6 heteroatoms. The van der Waals surface area contributed by atoms with E-state index >= 15 is 13.2 Å². The van der Waals surface area contributed by atoms with E-state index in [1.807, 2.05) is 0 Å². The maximum Gasteiger partial charge on any atom is 0.207 e. The summed E-state index contributed by atoms with van der Waals surface area (Å²) in [4.78, 5) is 0. The Bertz CT molecular complexity index is 1120. The first-order valence-corrected chi connectivity index (χ1v) is 15.2. The van der Waals surface area contributed by atoms with Gasteiger partial charge in [-0.25, -0.2) is 4.39 Å². The van der Waals surface area contributed by atoms with Gasteiger partial charge < -0.3 is 14.2 Å². The van der Waals surface area contributed by atoms with E-state index in [2.05, 4.69) is 13.8 Å². The van der Waals surface area contributed by atoms with Crippen LogP contribution in [0.5, 0.6) is 17.2 Å². The van der Waals surface area contributed by atoms with Crippen molar-refractivity contribution in [1.82, 2.24) is 0 Å². The molecule has 2 aliphatic heterocycles. The van der Waals surface area contributed by atoms with E-state index in [0.717, 1.165) is 44.6 Å². The lowest BCUT2D eigenvalue weighted by atomic mass is 9.80. The van der Waals surface area contributed by atoms with Gasteiger partial charge in [0, 0.05) is 24.2 Å². The Labute approximate surface area is 231 Å². The van der Waals surface area contributed by atoms with Crippen molar-refractivity contribution in [2.45, 2.75) is 103 Å². The van der Waals surface area contributed by atoms with E-state index < -0.39 is 17.5 Å². The standard InChI is InChI=1S/C33H43F3O3/c1-3-5-21-7-9-23(10-8-21)20-38-28-16-13-25-18-26-17-24(12-15-27-14-11-22(6-4-2)19-37-27)29(34)31(36)33(26)39-32(25)30(28)35/h13,16-17,21-23,27H,3-12,14-15,18-20H2,1-2H3. The fraction of sp³-hybridized carbons (Fsp3) is 0.636. The minimum Gasteiger partial charge on any atom is -0.490 e. The highest BCUT2D eigenvalue weighted by molar-refractivity contribution is 5.54. The van der Waals surface area contributed by atoms with Gasteiger partial charge in [-0.2, -0.15) is 8.78 Å². The summed E-state index contributed by atoms with van der Waals surface area (Å²) >= 11 is 0. The lowest BCUT2D eigenvalue weighted by Crippen LogP contribution is -2.26. The van der Waals surface area contributed by atoms with Crippen molar-refractivity contribution in [3.63, 3.8) is 0 Å². The summed E-state index contributed by atoms with van der Waals surface area (Å²) in [6, 6.07) is 5.09. The van der Waals surface area contributed by atoms with Gasteiger partial charge in [-0.1, -0.05) is 52.0 Å². The van der Waals surface area contributed by atoms with Crippen LogP contribution in [0.2, 0.25) is 0 Å². The van der Waals surface area contributed by atoms with Crippen LogP contribution in [0.4, 0.5) is 13.2 Å². The quantitative estimate of drug-likeness (QED) is 0.255. The molecule has 5 rings (SSSR count). The predicted molar refractivity (Wildman–Crippen MR) is 147 cm³/mol. The Hall–Kier alpha value is -2.21. The maximum absolute atomic E-state index is 15.4. The first-order valence-electron chi connectivity index (χ1n) is 15.2. The molecule has 1 saturated carbocycles. The van der Waals surface area contributed by atoms with E-state index in [4.69, 9.17) is 14.2 Å². The van der Waals surface area contributed by atoms with Crippen molar-refractivity contribution < 1.29 is 27.4 Å². The Kier molecular flexibility index (Phi) is 9.42. The van der Waals surface area contributed by atoms with Gasteiger partial charge in [0.05, 0.1) is 12.7 Å². The number of hydrogen-bond acceptors (Lipinski definition) is 3. The van der Waals surface area contributed by atoms with Crippen molar-refractivity contribution in [2.75, 3.05) is 13.2 Å². The molecule has 1 saturated heterocycles. The van der Waals surface area contributed by atoms with Crippen molar-refractivity contribution in [2.24, 2.45) is 17.8 Å². The van der Waals surface area contributed by atoms with Crippen molar-refractivity contribution in [1.29, 1.82) is 0 Å². The molecule has 1 aliphatic carbocycles. The summed E-state index contributed by atoms with van der Waals surface area (Å²) in [6.07, 6.45) is 12.9. The number of rotatable bonds is 10. The molecule has 2 aromatic rings. The zero-order chi connectivity index (χ0) is 27.4. The molecule has 2 unspecified atom stereocenters. The summed E-state index contributed by atoms with van der Waals surface area (Å²) in [7, 11) is 0. The van der Waals surface area contributed by atoms with E-state index in [9.17, 15) is 0 Å². The second-order valence-corrected chi connectivity index (χ2v) is 12.0. The number of fused-ring (bicyclic) bond motifs is 2. The average Bonchev–Trinajstić information content (AvgIpc) is 2.95. The topological polar surface area (TPSA) is 27.7 Å². The Morgan fingerprint density at radius 2 is 1.46 bits per heavy atom. The number of aryl methyl sites for hydroxylation is 1. The molecular weight excluding hydrogens is 501 g/mol. The molecule has 0 radical (unpaired) electrons. The minimum atomic E-state index is -1.05. The van der Waals surface area contributed by atoms with E-state index in [-0.39, 0.29) is 29.8 Å². The third kappa shape index (κ3) is 6.58. The van der Waals surface area contributed by atoms with Crippen molar-refractivity contribution in [3.05, 3.63) is 52.3 Å². The lowest BCUT2D eigenvalue weighted by Gasteiger charge is -2.29. The Morgan fingerprint density at radius 3 is 2.18 bits per heavy atom. The molecule has 3 aliphatic rings. The molecule has 2 fully saturated rings. The lowest BCUT2D eigenvalue weighted by molar-refractivity contribution is -0.0216. The van der Waals surface area contributed by atoms with Crippen LogP contribution in [0.15, 0.2) is 18.2 Å². The Balaban J connectivity index is 1.21. The van der Waals surface area contributed by atoms with Crippen LogP contribution in [-0.2, 0) is 17.6 Å². The van der Waals surface area contributed by atoms with Crippen LogP contribution in [0, 0.1) is 35.2 Å². The number of hydrogen-bond donors (Lipinski definition) is 0. The van der Waals surface area contributed by atoms with Gasteiger partial charge in [-0.05, 0) is 80.4 Å². The molecule has 0 aromatic heterocycles. The van der Waals surface area contributed by atoms with Gasteiger partial charge >= 0.3 is 0 Å². The molecular formula is C33H43F3O3. The zero-order valence-corrected chi connectivity index (χ0v) is 23.5. The highest BCUT2D eigenvalue weighted by Crippen LogP contribution is 2.44. The molecule has 2 aromatic carbocycles. The van der Waals surface area contributed by atoms with Crippen LogP contribution in [0.3, 0.4) is 0 Å². The van der Waals surface area contributed by atoms with Crippen LogP contribution >= 0.6 is 0 Å². The van der Waals surface area contributed by atoms with E-state index in [0.29, 0.717) is 48.0 Å². The fourth-order valence-electron chi connectivity index (χ4n) is 6.73. The van der Waals surface area contributed by atoms with Gasteiger partial charge in [0.1, 0.15) is 0 Å². The van der Waals surface area contributed by atoms with E-state index in [1.165, 1.54) is 32.1 Å². The van der Waals surface area contributed by atoms with Crippen molar-refractivity contribution in [3.8, 4) is 17.2 Å². The second kappa shape index (κ2) is 13.0.